The van der Waals surface area contributed by atoms with E-state index >= 15 is 0 Å². The molecule has 2 amide bonds. The van der Waals surface area contributed by atoms with Crippen molar-refractivity contribution in [3.63, 3.8) is 0 Å². The second-order valence-electron chi connectivity index (χ2n) is 14.0. The van der Waals surface area contributed by atoms with E-state index in [-0.39, 0.29) is 24.5 Å². The molecule has 330 valence electrons. The van der Waals surface area contributed by atoms with Crippen LogP contribution in [0.15, 0.2) is 65.6 Å². The minimum Gasteiger partial charge on any atom is -0.463 e. The maximum Gasteiger partial charge on any atom is 0.335 e. The van der Waals surface area contributed by atoms with E-state index in [9.17, 15) is 37.2 Å². The van der Waals surface area contributed by atoms with Crippen LogP contribution in [0.4, 0.5) is 0 Å². The van der Waals surface area contributed by atoms with Crippen molar-refractivity contribution >= 4 is 45.5 Å². The average Bonchev–Trinajstić information content (AvgIpc) is 3.18. The van der Waals surface area contributed by atoms with Crippen LogP contribution in [-0.2, 0) is 87.8 Å². The van der Waals surface area contributed by atoms with Crippen molar-refractivity contribution in [2.45, 2.75) is 121 Å². The van der Waals surface area contributed by atoms with E-state index < -0.39 is 126 Å². The molecule has 60 heavy (non-hydrogen) atoms. The molecule has 0 saturated carbocycles. The molecule has 2 aliphatic heterocycles. The van der Waals surface area contributed by atoms with Gasteiger partial charge in [-0.25, -0.2) is 13.2 Å². The summed E-state index contributed by atoms with van der Waals surface area (Å²) in [6.07, 6.45) is -10.6. The largest absolute Gasteiger partial charge is 0.463 e. The molecule has 0 spiro atoms. The predicted molar refractivity (Wildman–Crippen MR) is 206 cm³/mol. The Morgan fingerprint density at radius 3 is 1.90 bits per heavy atom. The number of hydrogen-bond acceptors (Lipinski definition) is 17. The minimum atomic E-state index is -3.81. The Bertz CT molecular complexity index is 1880. The third-order valence-corrected chi connectivity index (χ3v) is 10.8. The summed E-state index contributed by atoms with van der Waals surface area (Å²) in [5.74, 6) is -4.61. The maximum atomic E-state index is 13.5. The van der Waals surface area contributed by atoms with E-state index in [1.165, 1.54) is 46.8 Å². The van der Waals surface area contributed by atoms with Gasteiger partial charge in [0.25, 0.3) is 0 Å². The number of nitrogens with one attached hydrogen (secondary N) is 2. The van der Waals surface area contributed by atoms with Gasteiger partial charge in [-0.2, -0.15) is 0 Å². The molecule has 2 N–H and O–H groups in total. The number of carbonyl (C=O) groups excluding carboxylic acids is 6. The lowest BCUT2D eigenvalue weighted by Crippen LogP contribution is -2.68. The first-order valence-electron chi connectivity index (χ1n) is 19.1. The van der Waals surface area contributed by atoms with E-state index in [4.69, 9.17) is 42.6 Å². The fraction of sp³-hybridized carbons (Fsp3) is 0.550. The summed E-state index contributed by atoms with van der Waals surface area (Å²) in [7, 11) is -3.81. The quantitative estimate of drug-likeness (QED) is 0.149. The molecule has 4 rings (SSSR count). The summed E-state index contributed by atoms with van der Waals surface area (Å²) >= 11 is 0. The summed E-state index contributed by atoms with van der Waals surface area (Å²) < 4.78 is 78.8. The van der Waals surface area contributed by atoms with Crippen molar-refractivity contribution in [2.75, 3.05) is 25.6 Å². The SMILES string of the molecule is CC(=O)N[C@H]1[C@@H](OCc2ccccc2)O[C@H](COC(C)=O)[C@@H](O[C@@H]2O[C@H](COC(C)=O)[C@@H](OC(C)=O)C[C@H]2NC(C)=O)[C@@H]1O[C@H](C)C(=O)OCCS(=O)(=O)c1ccccc1. The molecule has 10 atom stereocenters. The van der Waals surface area contributed by atoms with Gasteiger partial charge in [0.15, 0.2) is 28.5 Å². The van der Waals surface area contributed by atoms with E-state index in [0.29, 0.717) is 0 Å². The number of benzene rings is 2. The highest BCUT2D eigenvalue weighted by molar-refractivity contribution is 7.91. The average molecular weight is 865 g/mol. The maximum absolute atomic E-state index is 13.5. The van der Waals surface area contributed by atoms with Crippen LogP contribution >= 0.6 is 0 Å². The number of sulfone groups is 1. The van der Waals surface area contributed by atoms with Crippen molar-refractivity contribution < 1.29 is 79.8 Å². The summed E-state index contributed by atoms with van der Waals surface area (Å²) in [4.78, 5) is 74.9. The van der Waals surface area contributed by atoms with E-state index in [1.54, 1.807) is 42.5 Å². The Balaban J connectivity index is 1.72. The summed E-state index contributed by atoms with van der Waals surface area (Å²) in [6.45, 7) is 5.90. The zero-order valence-electron chi connectivity index (χ0n) is 34.1. The molecule has 0 aromatic heterocycles. The smallest absolute Gasteiger partial charge is 0.335 e. The highest BCUT2D eigenvalue weighted by atomic mass is 32.2. The lowest BCUT2D eigenvalue weighted by molar-refractivity contribution is -0.332. The molecule has 2 saturated heterocycles. The third kappa shape index (κ3) is 14.6. The summed E-state index contributed by atoms with van der Waals surface area (Å²) in [6, 6.07) is 14.3. The number of ether oxygens (including phenoxy) is 9. The lowest BCUT2D eigenvalue weighted by atomic mass is 9.94. The van der Waals surface area contributed by atoms with Gasteiger partial charge in [0.2, 0.25) is 11.8 Å². The van der Waals surface area contributed by atoms with Crippen molar-refractivity contribution in [1.29, 1.82) is 0 Å². The standard InChI is InChI=1S/C40H52N2O17S/c1-23(38(48)51-17-18-60(49,50)30-15-11-8-12-16-30)55-37-35(42-25(3)44)40(54-20-29-13-9-7-10-14-29)58-34(22-53-27(5)46)36(37)59-39-31(41-24(2)43)19-32(56-28(6)47)33(57-39)21-52-26(4)45/h7-16,23,31-37,39-40H,17-22H2,1-6H3,(H,41,43)(H,42,44)/t23-,31-,32+,33-,34-,35-,36-,37-,39+,40+/m1/s1. The van der Waals surface area contributed by atoms with Crippen molar-refractivity contribution in [1.82, 2.24) is 10.6 Å². The Hall–Kier alpha value is -4.99. The van der Waals surface area contributed by atoms with Crippen LogP contribution in [-0.4, -0.2) is 131 Å². The lowest BCUT2D eigenvalue weighted by Gasteiger charge is -2.49. The molecule has 2 aromatic carbocycles. The molecule has 2 aromatic rings. The van der Waals surface area contributed by atoms with E-state index in [1.807, 2.05) is 6.07 Å². The van der Waals surface area contributed by atoms with E-state index in [2.05, 4.69) is 10.6 Å². The fourth-order valence-electron chi connectivity index (χ4n) is 6.47. The van der Waals surface area contributed by atoms with Crippen LogP contribution in [0.25, 0.3) is 0 Å². The van der Waals surface area contributed by atoms with Crippen LogP contribution in [0.5, 0.6) is 0 Å². The van der Waals surface area contributed by atoms with Crippen molar-refractivity contribution in [3.05, 3.63) is 66.2 Å². The Morgan fingerprint density at radius 2 is 1.32 bits per heavy atom. The fourth-order valence-corrected chi connectivity index (χ4v) is 7.58. The molecule has 2 aliphatic rings. The molecule has 0 aliphatic carbocycles. The summed E-state index contributed by atoms with van der Waals surface area (Å²) in [5.41, 5.74) is 0.729. The first-order chi connectivity index (χ1) is 28.4. The van der Waals surface area contributed by atoms with Gasteiger partial charge < -0.3 is 53.3 Å². The van der Waals surface area contributed by atoms with Gasteiger partial charge >= 0.3 is 23.9 Å². The van der Waals surface area contributed by atoms with Gasteiger partial charge in [-0.1, -0.05) is 48.5 Å². The van der Waals surface area contributed by atoms with Gasteiger partial charge in [-0.3, -0.25) is 24.0 Å². The molecule has 0 radical (unpaired) electrons. The first kappa shape index (κ1) is 47.7. The van der Waals surface area contributed by atoms with E-state index in [0.717, 1.165) is 12.5 Å². The zero-order valence-corrected chi connectivity index (χ0v) is 35.0. The van der Waals surface area contributed by atoms with Crippen LogP contribution < -0.4 is 10.6 Å². The van der Waals surface area contributed by atoms with Crippen molar-refractivity contribution in [3.8, 4) is 0 Å². The molecular weight excluding hydrogens is 813 g/mol. The van der Waals surface area contributed by atoms with Crippen LogP contribution in [0.1, 0.15) is 53.5 Å². The van der Waals surface area contributed by atoms with Crippen molar-refractivity contribution in [2.24, 2.45) is 0 Å². The van der Waals surface area contributed by atoms with Gasteiger partial charge in [0.1, 0.15) is 56.4 Å². The van der Waals surface area contributed by atoms with Gasteiger partial charge in [-0.15, -0.1) is 0 Å². The molecule has 2 fully saturated rings. The van der Waals surface area contributed by atoms with Crippen LogP contribution in [0, 0.1) is 0 Å². The molecule has 2 heterocycles. The monoisotopic (exact) mass is 864 g/mol. The van der Waals surface area contributed by atoms with Gasteiger partial charge in [-0.05, 0) is 24.6 Å². The van der Waals surface area contributed by atoms with Gasteiger partial charge in [0, 0.05) is 41.0 Å². The van der Waals surface area contributed by atoms with Crippen LogP contribution in [0.3, 0.4) is 0 Å². The second-order valence-corrected chi connectivity index (χ2v) is 16.2. The first-order valence-corrected chi connectivity index (χ1v) is 20.8. The highest BCUT2D eigenvalue weighted by Gasteiger charge is 2.53. The molecule has 20 heteroatoms. The molecule has 19 nitrogen and oxygen atoms in total. The molecular formula is C40H52N2O17S. The predicted octanol–water partition coefficient (Wildman–Crippen LogP) is 1.29. The number of amides is 2. The third-order valence-electron chi connectivity index (χ3n) is 9.10. The normalized spacial score (nSPS) is 25.8. The molecule has 0 unspecified atom stereocenters. The number of rotatable bonds is 19. The topological polar surface area (TPSA) is 244 Å². The number of esters is 4. The number of carbonyl (C=O) groups is 6. The van der Waals surface area contributed by atoms with Crippen LogP contribution in [0.2, 0.25) is 0 Å². The minimum absolute atomic E-state index is 0.0285. The Labute approximate surface area is 347 Å². The molecule has 0 bridgehead atoms. The second kappa shape index (κ2) is 22.6. The highest BCUT2D eigenvalue weighted by Crippen LogP contribution is 2.33. The summed E-state index contributed by atoms with van der Waals surface area (Å²) in [5, 5.41) is 5.47. The Morgan fingerprint density at radius 1 is 0.733 bits per heavy atom. The Kier molecular flexibility index (Phi) is 17.9. The van der Waals surface area contributed by atoms with Gasteiger partial charge in [0.05, 0.1) is 23.3 Å². The zero-order chi connectivity index (χ0) is 44.0. The number of hydrogen-bond donors (Lipinski definition) is 2.